The van der Waals surface area contributed by atoms with E-state index >= 15 is 0 Å². The summed E-state index contributed by atoms with van der Waals surface area (Å²) in [6.07, 6.45) is 3.48. The van der Waals surface area contributed by atoms with Crippen molar-refractivity contribution in [1.29, 1.82) is 0 Å². The molecule has 140 valence electrons. The highest BCUT2D eigenvalue weighted by Gasteiger charge is 2.19. The molecule has 1 unspecified atom stereocenters. The molecule has 0 aliphatic heterocycles. The van der Waals surface area contributed by atoms with E-state index in [0.29, 0.717) is 11.5 Å². The van der Waals surface area contributed by atoms with E-state index in [2.05, 4.69) is 15.3 Å². The number of pyridine rings is 1. The number of hydrogen-bond donors (Lipinski definition) is 1. The fourth-order valence-electron chi connectivity index (χ4n) is 3.06. The lowest BCUT2D eigenvalue weighted by molar-refractivity contribution is -0.121. The average Bonchev–Trinajstić information content (AvgIpc) is 3.15. The second-order valence-corrected chi connectivity index (χ2v) is 6.31. The standard InChI is InChI=1S/C22H19N3O3/c1-27-17-8-6-15(7-9-17)22(16-10-12-23-13-11-16)25-20(26)14-21-24-18-4-2-3-5-19(18)28-21/h2-13,22H,14H2,1H3,(H,25,26). The predicted molar refractivity (Wildman–Crippen MR) is 105 cm³/mol. The zero-order valence-corrected chi connectivity index (χ0v) is 15.3. The summed E-state index contributed by atoms with van der Waals surface area (Å²) in [7, 11) is 1.62. The molecule has 0 radical (unpaired) electrons. The van der Waals surface area contributed by atoms with Gasteiger partial charge in [0.2, 0.25) is 11.8 Å². The average molecular weight is 373 g/mol. The Hall–Kier alpha value is -3.67. The molecule has 1 atom stereocenters. The van der Waals surface area contributed by atoms with Gasteiger partial charge in [0.05, 0.1) is 13.2 Å². The molecule has 0 bridgehead atoms. The molecular weight excluding hydrogens is 354 g/mol. The molecular formula is C22H19N3O3. The first-order valence-corrected chi connectivity index (χ1v) is 8.90. The third kappa shape index (κ3) is 3.86. The Balaban J connectivity index is 1.56. The molecule has 1 N–H and O–H groups in total. The van der Waals surface area contributed by atoms with Gasteiger partial charge in [-0.15, -0.1) is 0 Å². The summed E-state index contributed by atoms with van der Waals surface area (Å²) in [5.74, 6) is 0.973. The van der Waals surface area contributed by atoms with Gasteiger partial charge in [0, 0.05) is 12.4 Å². The van der Waals surface area contributed by atoms with Gasteiger partial charge in [0.25, 0.3) is 0 Å². The summed E-state index contributed by atoms with van der Waals surface area (Å²) < 4.78 is 10.9. The molecule has 0 aliphatic carbocycles. The number of hydrogen-bond acceptors (Lipinski definition) is 5. The Morgan fingerprint density at radius 3 is 2.46 bits per heavy atom. The van der Waals surface area contributed by atoms with Gasteiger partial charge < -0.3 is 14.5 Å². The van der Waals surface area contributed by atoms with Gasteiger partial charge in [-0.3, -0.25) is 9.78 Å². The lowest BCUT2D eigenvalue weighted by atomic mass is 9.99. The van der Waals surface area contributed by atoms with Crippen LogP contribution in [0.15, 0.2) is 77.5 Å². The van der Waals surface area contributed by atoms with Crippen molar-refractivity contribution in [3.63, 3.8) is 0 Å². The Morgan fingerprint density at radius 2 is 1.75 bits per heavy atom. The number of carbonyl (C=O) groups is 1. The van der Waals surface area contributed by atoms with Crippen molar-refractivity contribution < 1.29 is 13.9 Å². The summed E-state index contributed by atoms with van der Waals surface area (Å²) in [4.78, 5) is 21.2. The third-order valence-corrected chi connectivity index (χ3v) is 4.44. The quantitative estimate of drug-likeness (QED) is 0.558. The molecule has 0 fully saturated rings. The van der Waals surface area contributed by atoms with E-state index in [4.69, 9.17) is 9.15 Å². The number of oxazole rings is 1. The Morgan fingerprint density at radius 1 is 1.04 bits per heavy atom. The van der Waals surface area contributed by atoms with E-state index in [-0.39, 0.29) is 18.4 Å². The zero-order valence-electron chi connectivity index (χ0n) is 15.3. The maximum absolute atomic E-state index is 12.7. The van der Waals surface area contributed by atoms with E-state index in [0.717, 1.165) is 22.4 Å². The van der Waals surface area contributed by atoms with Crippen molar-refractivity contribution in [3.05, 3.63) is 90.1 Å². The highest BCUT2D eigenvalue weighted by molar-refractivity contribution is 5.80. The number of methoxy groups -OCH3 is 1. The van der Waals surface area contributed by atoms with E-state index in [1.165, 1.54) is 0 Å². The number of aromatic nitrogens is 2. The molecule has 2 aromatic carbocycles. The monoisotopic (exact) mass is 373 g/mol. The number of carbonyl (C=O) groups excluding carboxylic acids is 1. The first-order valence-electron chi connectivity index (χ1n) is 8.90. The Bertz CT molecular complexity index is 1040. The van der Waals surface area contributed by atoms with Crippen molar-refractivity contribution >= 4 is 17.0 Å². The second-order valence-electron chi connectivity index (χ2n) is 6.31. The number of amides is 1. The molecule has 0 spiro atoms. The Labute approximate surface area is 162 Å². The highest BCUT2D eigenvalue weighted by atomic mass is 16.5. The first kappa shape index (κ1) is 17.7. The molecule has 1 amide bonds. The first-order chi connectivity index (χ1) is 13.7. The number of benzene rings is 2. The maximum Gasteiger partial charge on any atom is 0.230 e. The summed E-state index contributed by atoms with van der Waals surface area (Å²) >= 11 is 0. The van der Waals surface area contributed by atoms with Crippen LogP contribution in [-0.4, -0.2) is 23.0 Å². The molecule has 6 nitrogen and oxygen atoms in total. The van der Waals surface area contributed by atoms with E-state index in [1.807, 2.05) is 60.7 Å². The molecule has 4 aromatic rings. The van der Waals surface area contributed by atoms with Crippen LogP contribution in [0.25, 0.3) is 11.1 Å². The molecule has 0 saturated carbocycles. The number of nitrogens with one attached hydrogen (secondary N) is 1. The van der Waals surface area contributed by atoms with Gasteiger partial charge in [-0.1, -0.05) is 24.3 Å². The zero-order chi connectivity index (χ0) is 19.3. The van der Waals surface area contributed by atoms with Crippen LogP contribution in [-0.2, 0) is 11.2 Å². The second kappa shape index (κ2) is 7.92. The van der Waals surface area contributed by atoms with Crippen LogP contribution in [0.4, 0.5) is 0 Å². The number of fused-ring (bicyclic) bond motifs is 1. The molecule has 4 rings (SSSR count). The normalized spacial score (nSPS) is 11.9. The van der Waals surface area contributed by atoms with Crippen LogP contribution in [0, 0.1) is 0 Å². The van der Waals surface area contributed by atoms with Crippen LogP contribution in [0.5, 0.6) is 5.75 Å². The number of rotatable bonds is 6. The van der Waals surface area contributed by atoms with Crippen LogP contribution >= 0.6 is 0 Å². The largest absolute Gasteiger partial charge is 0.497 e. The van der Waals surface area contributed by atoms with Crippen molar-refractivity contribution in [2.24, 2.45) is 0 Å². The highest BCUT2D eigenvalue weighted by Crippen LogP contribution is 2.24. The van der Waals surface area contributed by atoms with Crippen LogP contribution in [0.1, 0.15) is 23.1 Å². The van der Waals surface area contributed by atoms with E-state index in [9.17, 15) is 4.79 Å². The summed E-state index contributed by atoms with van der Waals surface area (Å²) in [5.41, 5.74) is 3.29. The number of nitrogens with zero attached hydrogens (tertiary/aromatic N) is 2. The SMILES string of the molecule is COc1ccc(C(NC(=O)Cc2nc3ccccc3o2)c2ccncc2)cc1. The van der Waals surface area contributed by atoms with Gasteiger partial charge in [0.15, 0.2) is 5.58 Å². The van der Waals surface area contributed by atoms with E-state index < -0.39 is 0 Å². The van der Waals surface area contributed by atoms with Gasteiger partial charge in [-0.2, -0.15) is 0 Å². The molecule has 28 heavy (non-hydrogen) atoms. The number of para-hydroxylation sites is 2. The molecule has 2 aromatic heterocycles. The molecule has 0 aliphatic rings. The smallest absolute Gasteiger partial charge is 0.230 e. The fourth-order valence-corrected chi connectivity index (χ4v) is 3.06. The minimum atomic E-state index is -0.314. The fraction of sp³-hybridized carbons (Fsp3) is 0.136. The van der Waals surface area contributed by atoms with Crippen LogP contribution in [0.2, 0.25) is 0 Å². The third-order valence-electron chi connectivity index (χ3n) is 4.44. The molecule has 6 heteroatoms. The van der Waals surface area contributed by atoms with Crippen molar-refractivity contribution in [1.82, 2.24) is 15.3 Å². The topological polar surface area (TPSA) is 77.2 Å². The van der Waals surface area contributed by atoms with Crippen molar-refractivity contribution in [3.8, 4) is 5.75 Å². The summed E-state index contributed by atoms with van der Waals surface area (Å²) in [6.45, 7) is 0. The predicted octanol–water partition coefficient (Wildman–Crippen LogP) is 3.68. The lowest BCUT2D eigenvalue weighted by Gasteiger charge is -2.19. The number of ether oxygens (including phenoxy) is 1. The van der Waals surface area contributed by atoms with Crippen molar-refractivity contribution in [2.45, 2.75) is 12.5 Å². The molecule has 0 saturated heterocycles. The molecule has 2 heterocycles. The van der Waals surface area contributed by atoms with Gasteiger partial charge in [-0.25, -0.2) is 4.98 Å². The maximum atomic E-state index is 12.7. The summed E-state index contributed by atoms with van der Waals surface area (Å²) in [6, 6.07) is 18.5. The van der Waals surface area contributed by atoms with Crippen molar-refractivity contribution in [2.75, 3.05) is 7.11 Å². The van der Waals surface area contributed by atoms with Crippen LogP contribution < -0.4 is 10.1 Å². The minimum absolute atomic E-state index is 0.0619. The minimum Gasteiger partial charge on any atom is -0.497 e. The van der Waals surface area contributed by atoms with Crippen LogP contribution in [0.3, 0.4) is 0 Å². The van der Waals surface area contributed by atoms with E-state index in [1.54, 1.807) is 19.5 Å². The van der Waals surface area contributed by atoms with Gasteiger partial charge in [-0.05, 0) is 47.5 Å². The van der Waals surface area contributed by atoms with Gasteiger partial charge >= 0.3 is 0 Å². The lowest BCUT2D eigenvalue weighted by Crippen LogP contribution is -2.30. The van der Waals surface area contributed by atoms with Gasteiger partial charge in [0.1, 0.15) is 17.7 Å². The summed E-state index contributed by atoms with van der Waals surface area (Å²) in [5, 5.41) is 3.07. The Kier molecular flexibility index (Phi) is 5.01.